The van der Waals surface area contributed by atoms with Crippen LogP contribution in [0.25, 0.3) is 38.5 Å². The van der Waals surface area contributed by atoms with Crippen molar-refractivity contribution >= 4 is 38.5 Å². The molecule has 18 heavy (non-hydrogen) atoms. The fraction of sp³-hybridized carbons (Fsp3) is 0. The maximum Gasteiger partial charge on any atom is 0.153 e. The largest absolute Gasteiger partial charge is 0.454 e. The Morgan fingerprint density at radius 2 is 2.00 bits per heavy atom. The van der Waals surface area contributed by atoms with Crippen molar-refractivity contribution in [2.24, 2.45) is 0 Å². The minimum atomic E-state index is 0.933. The summed E-state index contributed by atoms with van der Waals surface area (Å²) in [6.45, 7) is 0. The molecule has 0 spiro atoms. The third-order valence-electron chi connectivity index (χ3n) is 3.63. The van der Waals surface area contributed by atoms with E-state index in [1.54, 1.807) is 0 Å². The van der Waals surface area contributed by atoms with Gasteiger partial charge < -0.3 is 8.82 Å². The molecule has 0 atom stereocenters. The van der Waals surface area contributed by atoms with Crippen LogP contribution in [-0.2, 0) is 0 Å². The summed E-state index contributed by atoms with van der Waals surface area (Å²) in [5.74, 6) is 0. The van der Waals surface area contributed by atoms with E-state index in [0.717, 1.165) is 33.1 Å². The monoisotopic (exact) mass is 232 g/mol. The van der Waals surface area contributed by atoms with Crippen molar-refractivity contribution in [3.63, 3.8) is 0 Å². The van der Waals surface area contributed by atoms with Gasteiger partial charge in [-0.3, -0.25) is 4.98 Å². The maximum atomic E-state index is 5.88. The Morgan fingerprint density at radius 3 is 3.00 bits per heavy atom. The average Bonchev–Trinajstić information content (AvgIpc) is 2.97. The Bertz CT molecular complexity index is 1020. The van der Waals surface area contributed by atoms with Gasteiger partial charge in [0.1, 0.15) is 11.1 Å². The SMILES string of the molecule is c1cc2oc3ccn4c5cccnc5c(c1)c2c34. The summed E-state index contributed by atoms with van der Waals surface area (Å²) in [6.07, 6.45) is 3.88. The van der Waals surface area contributed by atoms with Crippen LogP contribution in [0.4, 0.5) is 0 Å². The zero-order chi connectivity index (χ0) is 11.7. The van der Waals surface area contributed by atoms with E-state index in [1.165, 1.54) is 5.39 Å². The summed E-state index contributed by atoms with van der Waals surface area (Å²) in [7, 11) is 0. The zero-order valence-electron chi connectivity index (χ0n) is 9.42. The van der Waals surface area contributed by atoms with Crippen molar-refractivity contribution in [1.29, 1.82) is 0 Å². The van der Waals surface area contributed by atoms with E-state index in [0.29, 0.717) is 0 Å². The quantitative estimate of drug-likeness (QED) is 0.380. The van der Waals surface area contributed by atoms with Crippen LogP contribution in [0.3, 0.4) is 0 Å². The second kappa shape index (κ2) is 2.64. The standard InChI is InChI=1S/C15H8N2O/c1-3-9-13-11(5-1)18-12-6-8-17(15(12)13)10-4-2-7-16-14(9)10/h1-8H. The van der Waals surface area contributed by atoms with Crippen LogP contribution in [0.15, 0.2) is 53.2 Å². The van der Waals surface area contributed by atoms with Crippen LogP contribution < -0.4 is 0 Å². The summed E-state index contributed by atoms with van der Waals surface area (Å²) in [4.78, 5) is 4.53. The number of hydrogen-bond donors (Lipinski definition) is 0. The molecule has 0 saturated heterocycles. The first-order valence-corrected chi connectivity index (χ1v) is 5.92. The number of pyridine rings is 2. The Hall–Kier alpha value is -2.55. The van der Waals surface area contributed by atoms with Gasteiger partial charge in [-0.1, -0.05) is 12.1 Å². The lowest BCUT2D eigenvalue weighted by atomic mass is 10.1. The molecule has 0 aliphatic rings. The summed E-state index contributed by atoms with van der Waals surface area (Å²) >= 11 is 0. The van der Waals surface area contributed by atoms with E-state index in [-0.39, 0.29) is 0 Å². The molecule has 5 rings (SSSR count). The van der Waals surface area contributed by atoms with Gasteiger partial charge in [0, 0.05) is 17.8 Å². The molecule has 5 aromatic rings. The number of fused-ring (bicyclic) bond motifs is 3. The molecule has 0 saturated carbocycles. The molecule has 0 unspecified atom stereocenters. The van der Waals surface area contributed by atoms with Gasteiger partial charge in [0.2, 0.25) is 0 Å². The topological polar surface area (TPSA) is 30.4 Å². The summed E-state index contributed by atoms with van der Waals surface area (Å²) in [6, 6.07) is 12.2. The Labute approximate surface area is 102 Å². The number of nitrogens with zero attached hydrogens (tertiary/aromatic N) is 2. The van der Waals surface area contributed by atoms with Gasteiger partial charge in [-0.15, -0.1) is 0 Å². The fourth-order valence-electron chi connectivity index (χ4n) is 2.92. The summed E-state index contributed by atoms with van der Waals surface area (Å²) < 4.78 is 8.04. The van der Waals surface area contributed by atoms with Gasteiger partial charge in [0.05, 0.1) is 16.4 Å². The van der Waals surface area contributed by atoms with Crippen molar-refractivity contribution in [1.82, 2.24) is 9.38 Å². The minimum absolute atomic E-state index is 0.933. The van der Waals surface area contributed by atoms with Gasteiger partial charge >= 0.3 is 0 Å². The molecule has 0 radical (unpaired) electrons. The van der Waals surface area contributed by atoms with Gasteiger partial charge in [0.25, 0.3) is 0 Å². The molecular weight excluding hydrogens is 224 g/mol. The molecule has 3 heteroatoms. The fourth-order valence-corrected chi connectivity index (χ4v) is 2.92. The lowest BCUT2D eigenvalue weighted by Gasteiger charge is -2.05. The van der Waals surface area contributed by atoms with E-state index in [1.807, 2.05) is 36.7 Å². The predicted molar refractivity (Wildman–Crippen MR) is 71.2 cm³/mol. The highest BCUT2D eigenvalue weighted by molar-refractivity contribution is 6.21. The highest BCUT2D eigenvalue weighted by atomic mass is 16.3. The lowest BCUT2D eigenvalue weighted by molar-refractivity contribution is 0.670. The van der Waals surface area contributed by atoms with Crippen LogP contribution in [0, 0.1) is 0 Å². The van der Waals surface area contributed by atoms with Gasteiger partial charge in [-0.25, -0.2) is 0 Å². The van der Waals surface area contributed by atoms with Crippen LogP contribution in [-0.4, -0.2) is 9.38 Å². The molecule has 0 fully saturated rings. The molecule has 0 aliphatic heterocycles. The first kappa shape index (κ1) is 8.53. The predicted octanol–water partition coefficient (Wildman–Crippen LogP) is 3.82. The lowest BCUT2D eigenvalue weighted by Crippen LogP contribution is -1.90. The molecule has 0 amide bonds. The van der Waals surface area contributed by atoms with Crippen molar-refractivity contribution in [2.75, 3.05) is 0 Å². The molecule has 4 aromatic heterocycles. The van der Waals surface area contributed by atoms with E-state index in [9.17, 15) is 0 Å². The Kier molecular flexibility index (Phi) is 1.25. The number of aromatic nitrogens is 2. The van der Waals surface area contributed by atoms with E-state index >= 15 is 0 Å². The second-order valence-electron chi connectivity index (χ2n) is 4.55. The van der Waals surface area contributed by atoms with E-state index in [4.69, 9.17) is 4.42 Å². The average molecular weight is 232 g/mol. The molecule has 3 nitrogen and oxygen atoms in total. The third kappa shape index (κ3) is 0.788. The number of furan rings is 1. The maximum absolute atomic E-state index is 5.88. The van der Waals surface area contributed by atoms with Gasteiger partial charge in [0.15, 0.2) is 5.58 Å². The minimum Gasteiger partial charge on any atom is -0.454 e. The Balaban J connectivity index is 2.36. The van der Waals surface area contributed by atoms with Crippen LogP contribution >= 0.6 is 0 Å². The van der Waals surface area contributed by atoms with Crippen molar-refractivity contribution in [3.05, 3.63) is 48.8 Å². The van der Waals surface area contributed by atoms with Gasteiger partial charge in [-0.05, 0) is 24.3 Å². The first-order chi connectivity index (χ1) is 8.93. The molecular formula is C15H8N2O. The van der Waals surface area contributed by atoms with Crippen LogP contribution in [0.5, 0.6) is 0 Å². The summed E-state index contributed by atoms with van der Waals surface area (Å²) in [5, 5.41) is 2.33. The zero-order valence-corrected chi connectivity index (χ0v) is 9.42. The first-order valence-electron chi connectivity index (χ1n) is 5.92. The number of hydrogen-bond acceptors (Lipinski definition) is 2. The molecule has 0 N–H and O–H groups in total. The van der Waals surface area contributed by atoms with E-state index in [2.05, 4.69) is 21.5 Å². The highest BCUT2D eigenvalue weighted by Gasteiger charge is 2.17. The number of rotatable bonds is 0. The van der Waals surface area contributed by atoms with Gasteiger partial charge in [-0.2, -0.15) is 0 Å². The normalized spacial score (nSPS) is 12.4. The Morgan fingerprint density at radius 1 is 1.00 bits per heavy atom. The second-order valence-corrected chi connectivity index (χ2v) is 4.55. The van der Waals surface area contributed by atoms with Crippen molar-refractivity contribution in [2.45, 2.75) is 0 Å². The molecule has 4 heterocycles. The molecule has 84 valence electrons. The van der Waals surface area contributed by atoms with E-state index < -0.39 is 0 Å². The van der Waals surface area contributed by atoms with Crippen molar-refractivity contribution in [3.8, 4) is 0 Å². The third-order valence-corrected chi connectivity index (χ3v) is 3.63. The molecule has 0 bridgehead atoms. The highest BCUT2D eigenvalue weighted by Crippen LogP contribution is 2.37. The number of benzene rings is 1. The summed E-state index contributed by atoms with van der Waals surface area (Å²) in [5.41, 5.74) is 5.17. The van der Waals surface area contributed by atoms with Crippen molar-refractivity contribution < 1.29 is 4.42 Å². The molecule has 0 aliphatic carbocycles. The van der Waals surface area contributed by atoms with Crippen LogP contribution in [0.2, 0.25) is 0 Å². The smallest absolute Gasteiger partial charge is 0.153 e. The molecule has 1 aromatic carbocycles. The van der Waals surface area contributed by atoms with Crippen LogP contribution in [0.1, 0.15) is 0 Å².